The number of hydrogen-bond acceptors (Lipinski definition) is 4. The standard InChI is InChI=1S/C15H13IN2O3/c16-13-7-11(18(19)20)5-10-6-14(21-15(10)13)12-8-17-3-1-9(12)2-4-17/h5-9H,1-4H2. The summed E-state index contributed by atoms with van der Waals surface area (Å²) in [5.74, 6) is 1.42. The molecule has 21 heavy (non-hydrogen) atoms. The largest absolute Gasteiger partial charge is 0.455 e. The lowest BCUT2D eigenvalue weighted by molar-refractivity contribution is -0.384. The molecule has 4 heterocycles. The second kappa shape index (κ2) is 4.72. The molecule has 0 aliphatic carbocycles. The van der Waals surface area contributed by atoms with Crippen LogP contribution in [0, 0.1) is 19.6 Å². The number of allylic oxidation sites excluding steroid dienone is 1. The number of furan rings is 1. The van der Waals surface area contributed by atoms with Crippen LogP contribution in [0.25, 0.3) is 16.5 Å². The maximum atomic E-state index is 11.0. The molecule has 2 bridgehead atoms. The molecule has 1 saturated heterocycles. The predicted molar refractivity (Wildman–Crippen MR) is 87.9 cm³/mol. The molecule has 0 radical (unpaired) electrons. The molecule has 3 aliphatic rings. The van der Waals surface area contributed by atoms with Gasteiger partial charge in [0.25, 0.3) is 5.69 Å². The summed E-state index contributed by atoms with van der Waals surface area (Å²) in [7, 11) is 0. The molecule has 0 saturated carbocycles. The Morgan fingerprint density at radius 1 is 1.29 bits per heavy atom. The maximum Gasteiger partial charge on any atom is 0.271 e. The molecule has 1 fully saturated rings. The van der Waals surface area contributed by atoms with E-state index in [4.69, 9.17) is 4.42 Å². The van der Waals surface area contributed by atoms with E-state index >= 15 is 0 Å². The Balaban J connectivity index is 1.84. The third kappa shape index (κ3) is 2.12. The van der Waals surface area contributed by atoms with E-state index in [2.05, 4.69) is 33.7 Å². The lowest BCUT2D eigenvalue weighted by Crippen LogP contribution is -2.35. The Morgan fingerprint density at radius 3 is 2.67 bits per heavy atom. The van der Waals surface area contributed by atoms with Gasteiger partial charge >= 0.3 is 0 Å². The van der Waals surface area contributed by atoms with Crippen LogP contribution >= 0.6 is 22.6 Å². The van der Waals surface area contributed by atoms with Gasteiger partial charge in [-0.15, -0.1) is 0 Å². The molecule has 0 unspecified atom stereocenters. The van der Waals surface area contributed by atoms with Gasteiger partial charge in [-0.05, 0) is 47.4 Å². The number of non-ortho nitro benzene ring substituents is 1. The normalized spacial score (nSPS) is 18.3. The molecule has 0 atom stereocenters. The van der Waals surface area contributed by atoms with Gasteiger partial charge in [-0.1, -0.05) is 0 Å². The third-order valence-electron chi connectivity index (χ3n) is 4.34. The summed E-state index contributed by atoms with van der Waals surface area (Å²) >= 11 is 2.10. The van der Waals surface area contributed by atoms with Gasteiger partial charge in [-0.3, -0.25) is 10.1 Å². The first kappa shape index (κ1) is 13.1. The molecule has 1 aromatic heterocycles. The fourth-order valence-electron chi connectivity index (χ4n) is 3.25. The van der Waals surface area contributed by atoms with Crippen molar-refractivity contribution in [1.82, 2.24) is 4.90 Å². The first-order valence-corrected chi connectivity index (χ1v) is 8.03. The molecule has 6 heteroatoms. The van der Waals surface area contributed by atoms with Crippen molar-refractivity contribution in [2.45, 2.75) is 12.8 Å². The molecule has 0 N–H and O–H groups in total. The van der Waals surface area contributed by atoms with Crippen LogP contribution in [-0.2, 0) is 0 Å². The highest BCUT2D eigenvalue weighted by Crippen LogP contribution is 2.40. The molecule has 5 rings (SSSR count). The van der Waals surface area contributed by atoms with Gasteiger partial charge in [0.1, 0.15) is 11.3 Å². The van der Waals surface area contributed by atoms with Gasteiger partial charge in [-0.25, -0.2) is 0 Å². The highest BCUT2D eigenvalue weighted by atomic mass is 127. The zero-order valence-electron chi connectivity index (χ0n) is 11.2. The first-order chi connectivity index (χ1) is 10.1. The summed E-state index contributed by atoms with van der Waals surface area (Å²) in [4.78, 5) is 12.9. The quantitative estimate of drug-likeness (QED) is 0.437. The van der Waals surface area contributed by atoms with Crippen molar-refractivity contribution in [1.29, 1.82) is 0 Å². The van der Waals surface area contributed by atoms with E-state index in [1.165, 1.54) is 18.4 Å². The van der Waals surface area contributed by atoms with Gasteiger partial charge in [0.05, 0.1) is 8.49 Å². The maximum absolute atomic E-state index is 11.0. The predicted octanol–water partition coefficient (Wildman–Crippen LogP) is 4.01. The van der Waals surface area contributed by atoms with Crippen LogP contribution in [-0.4, -0.2) is 22.9 Å². The average Bonchev–Trinajstić information content (AvgIpc) is 2.93. The Morgan fingerprint density at radius 2 is 2.05 bits per heavy atom. The molecule has 108 valence electrons. The molecule has 5 nitrogen and oxygen atoms in total. The van der Waals surface area contributed by atoms with Crippen LogP contribution < -0.4 is 0 Å². The minimum Gasteiger partial charge on any atom is -0.455 e. The lowest BCUT2D eigenvalue weighted by Gasteiger charge is -2.38. The molecule has 1 aromatic carbocycles. The lowest BCUT2D eigenvalue weighted by atomic mass is 9.84. The van der Waals surface area contributed by atoms with Crippen molar-refractivity contribution < 1.29 is 9.34 Å². The smallest absolute Gasteiger partial charge is 0.271 e. The number of hydrogen-bond donors (Lipinski definition) is 0. The molecule has 0 spiro atoms. The van der Waals surface area contributed by atoms with Crippen LogP contribution in [0.4, 0.5) is 5.69 Å². The topological polar surface area (TPSA) is 59.5 Å². The highest BCUT2D eigenvalue weighted by Gasteiger charge is 2.30. The van der Waals surface area contributed by atoms with Crippen LogP contribution in [0.1, 0.15) is 18.6 Å². The van der Waals surface area contributed by atoms with Crippen LogP contribution in [0.5, 0.6) is 0 Å². The highest BCUT2D eigenvalue weighted by molar-refractivity contribution is 14.1. The number of benzene rings is 1. The number of nitro groups is 1. The van der Waals surface area contributed by atoms with Crippen molar-refractivity contribution in [3.63, 3.8) is 0 Å². The van der Waals surface area contributed by atoms with E-state index in [9.17, 15) is 10.1 Å². The van der Waals surface area contributed by atoms with Gasteiger partial charge in [0.2, 0.25) is 0 Å². The number of piperidine rings is 1. The van der Waals surface area contributed by atoms with E-state index in [1.807, 2.05) is 6.07 Å². The first-order valence-electron chi connectivity index (χ1n) is 6.95. The van der Waals surface area contributed by atoms with E-state index in [1.54, 1.807) is 12.1 Å². The van der Waals surface area contributed by atoms with Gasteiger partial charge in [-0.2, -0.15) is 0 Å². The molecular formula is C15H13IN2O3. The van der Waals surface area contributed by atoms with Crippen molar-refractivity contribution in [2.75, 3.05) is 13.1 Å². The Bertz CT molecular complexity index is 773. The van der Waals surface area contributed by atoms with E-state index in [0.717, 1.165) is 33.4 Å². The minimum absolute atomic E-state index is 0.113. The number of rotatable bonds is 2. The molecule has 0 amide bonds. The Kier molecular flexibility index (Phi) is 2.95. The summed E-state index contributed by atoms with van der Waals surface area (Å²) in [6.45, 7) is 2.24. The monoisotopic (exact) mass is 396 g/mol. The van der Waals surface area contributed by atoms with Gasteiger partial charge < -0.3 is 9.32 Å². The van der Waals surface area contributed by atoms with Crippen LogP contribution in [0.2, 0.25) is 0 Å². The van der Waals surface area contributed by atoms with E-state index in [0.29, 0.717) is 5.92 Å². The number of fused-ring (bicyclic) bond motifs is 3. The summed E-state index contributed by atoms with van der Waals surface area (Å²) < 4.78 is 6.78. The van der Waals surface area contributed by atoms with Crippen LogP contribution in [0.3, 0.4) is 0 Å². The second-order valence-corrected chi connectivity index (χ2v) is 6.77. The van der Waals surface area contributed by atoms with Crippen molar-refractivity contribution in [2.24, 2.45) is 5.92 Å². The fraction of sp³-hybridized carbons (Fsp3) is 0.333. The van der Waals surface area contributed by atoms with E-state index in [-0.39, 0.29) is 10.6 Å². The summed E-state index contributed by atoms with van der Waals surface area (Å²) in [5, 5.41) is 11.8. The molecule has 2 aromatic rings. The minimum atomic E-state index is -0.359. The molecule has 3 aliphatic heterocycles. The Hall–Kier alpha value is -1.57. The molecular weight excluding hydrogens is 383 g/mol. The Labute approximate surface area is 134 Å². The van der Waals surface area contributed by atoms with Crippen molar-refractivity contribution in [3.05, 3.63) is 43.8 Å². The fourth-order valence-corrected chi connectivity index (χ4v) is 3.99. The zero-order chi connectivity index (χ0) is 14.6. The number of halogens is 1. The summed E-state index contributed by atoms with van der Waals surface area (Å²) in [6.07, 6.45) is 4.52. The third-order valence-corrected chi connectivity index (χ3v) is 5.14. The number of nitro benzene ring substituents is 1. The summed E-state index contributed by atoms with van der Waals surface area (Å²) in [5.41, 5.74) is 2.10. The summed E-state index contributed by atoms with van der Waals surface area (Å²) in [6, 6.07) is 5.09. The second-order valence-electron chi connectivity index (χ2n) is 5.61. The van der Waals surface area contributed by atoms with Crippen molar-refractivity contribution in [3.8, 4) is 0 Å². The SMILES string of the molecule is O=[N+]([O-])c1cc(I)c2oc(C3=CN4CCC3CC4)cc2c1. The van der Waals surface area contributed by atoms with Gasteiger partial charge in [0, 0.05) is 42.4 Å². The zero-order valence-corrected chi connectivity index (χ0v) is 13.4. The van der Waals surface area contributed by atoms with Crippen LogP contribution in [0.15, 0.2) is 28.8 Å². The average molecular weight is 396 g/mol. The van der Waals surface area contributed by atoms with Crippen molar-refractivity contribution >= 4 is 44.8 Å². The number of nitrogens with zero attached hydrogens (tertiary/aromatic N) is 2. The van der Waals surface area contributed by atoms with Gasteiger partial charge in [0.15, 0.2) is 0 Å². The van der Waals surface area contributed by atoms with E-state index < -0.39 is 0 Å².